The van der Waals surface area contributed by atoms with Crippen LogP contribution in [0.1, 0.15) is 22.2 Å². The Morgan fingerprint density at radius 3 is 2.24 bits per heavy atom. The van der Waals surface area contributed by atoms with Gasteiger partial charge in [0.2, 0.25) is 0 Å². The standard InChI is InChI=1S/C16H16O5/c1-19-16(20-2)11-6-8-13(9-7-11)21-14-5-3-4-12(10-14)15(17)18/h3-10,16H,1-2H3,(H,17,18). The van der Waals surface area contributed by atoms with Gasteiger partial charge < -0.3 is 19.3 Å². The number of aromatic carboxylic acids is 1. The Hall–Kier alpha value is -2.37. The van der Waals surface area contributed by atoms with Crippen molar-refractivity contribution in [3.63, 3.8) is 0 Å². The third-order valence-corrected chi connectivity index (χ3v) is 2.90. The van der Waals surface area contributed by atoms with Gasteiger partial charge in [-0.15, -0.1) is 0 Å². The molecule has 0 aliphatic heterocycles. The molecule has 0 aliphatic rings. The van der Waals surface area contributed by atoms with Crippen LogP contribution in [-0.4, -0.2) is 25.3 Å². The Labute approximate surface area is 122 Å². The van der Waals surface area contributed by atoms with E-state index in [1.165, 1.54) is 12.1 Å². The van der Waals surface area contributed by atoms with Crippen LogP contribution in [0, 0.1) is 0 Å². The van der Waals surface area contributed by atoms with Crippen LogP contribution in [0.3, 0.4) is 0 Å². The van der Waals surface area contributed by atoms with E-state index in [2.05, 4.69) is 0 Å². The van der Waals surface area contributed by atoms with Crippen LogP contribution < -0.4 is 4.74 Å². The van der Waals surface area contributed by atoms with E-state index in [0.717, 1.165) is 5.56 Å². The molecule has 21 heavy (non-hydrogen) atoms. The number of rotatable bonds is 6. The van der Waals surface area contributed by atoms with Gasteiger partial charge in [0.05, 0.1) is 5.56 Å². The first kappa shape index (κ1) is 15.0. The van der Waals surface area contributed by atoms with Gasteiger partial charge in [-0.1, -0.05) is 18.2 Å². The van der Waals surface area contributed by atoms with Crippen LogP contribution in [0.15, 0.2) is 48.5 Å². The maximum atomic E-state index is 10.9. The Balaban J connectivity index is 2.13. The van der Waals surface area contributed by atoms with Gasteiger partial charge in [0, 0.05) is 19.8 Å². The Kier molecular flexibility index (Phi) is 4.92. The second-order valence-electron chi connectivity index (χ2n) is 4.31. The fourth-order valence-corrected chi connectivity index (χ4v) is 1.89. The highest BCUT2D eigenvalue weighted by Gasteiger charge is 2.09. The molecular weight excluding hydrogens is 272 g/mol. The highest BCUT2D eigenvalue weighted by Crippen LogP contribution is 2.25. The molecule has 2 rings (SSSR count). The summed E-state index contributed by atoms with van der Waals surface area (Å²) in [5.74, 6) is 0.0868. The Morgan fingerprint density at radius 1 is 1.00 bits per heavy atom. The summed E-state index contributed by atoms with van der Waals surface area (Å²) in [4.78, 5) is 10.9. The molecule has 0 fully saturated rings. The van der Waals surface area contributed by atoms with Crippen LogP contribution >= 0.6 is 0 Å². The molecular formula is C16H16O5. The first-order valence-corrected chi connectivity index (χ1v) is 6.31. The zero-order valence-corrected chi connectivity index (χ0v) is 11.8. The molecule has 110 valence electrons. The molecule has 5 nitrogen and oxygen atoms in total. The van der Waals surface area contributed by atoms with Crippen LogP contribution in [0.4, 0.5) is 0 Å². The molecule has 0 radical (unpaired) electrons. The minimum Gasteiger partial charge on any atom is -0.478 e. The van der Waals surface area contributed by atoms with E-state index in [1.807, 2.05) is 12.1 Å². The lowest BCUT2D eigenvalue weighted by molar-refractivity contribution is -0.106. The lowest BCUT2D eigenvalue weighted by Crippen LogP contribution is -2.03. The zero-order chi connectivity index (χ0) is 15.2. The molecule has 0 spiro atoms. The summed E-state index contributed by atoms with van der Waals surface area (Å²) >= 11 is 0. The number of benzene rings is 2. The molecule has 0 saturated carbocycles. The molecule has 5 heteroatoms. The summed E-state index contributed by atoms with van der Waals surface area (Å²) in [6, 6.07) is 13.5. The van der Waals surface area contributed by atoms with E-state index < -0.39 is 12.3 Å². The SMILES string of the molecule is COC(OC)c1ccc(Oc2cccc(C(=O)O)c2)cc1. The van der Waals surface area contributed by atoms with E-state index in [9.17, 15) is 4.79 Å². The van der Waals surface area contributed by atoms with E-state index in [4.69, 9.17) is 19.3 Å². The maximum Gasteiger partial charge on any atom is 0.335 e. The van der Waals surface area contributed by atoms with Gasteiger partial charge in [0.25, 0.3) is 0 Å². The second-order valence-corrected chi connectivity index (χ2v) is 4.31. The molecule has 0 aromatic heterocycles. The number of hydrogen-bond donors (Lipinski definition) is 1. The molecule has 2 aromatic carbocycles. The van der Waals surface area contributed by atoms with E-state index in [1.54, 1.807) is 38.5 Å². The van der Waals surface area contributed by atoms with E-state index >= 15 is 0 Å². The summed E-state index contributed by atoms with van der Waals surface area (Å²) in [6.45, 7) is 0. The average molecular weight is 288 g/mol. The number of carboxylic acids is 1. The van der Waals surface area contributed by atoms with Gasteiger partial charge in [-0.2, -0.15) is 0 Å². The van der Waals surface area contributed by atoms with Crippen molar-refractivity contribution in [1.82, 2.24) is 0 Å². The first-order valence-electron chi connectivity index (χ1n) is 6.31. The molecule has 0 atom stereocenters. The van der Waals surface area contributed by atoms with Crippen LogP contribution in [0.2, 0.25) is 0 Å². The Morgan fingerprint density at radius 2 is 1.67 bits per heavy atom. The maximum absolute atomic E-state index is 10.9. The fraction of sp³-hybridized carbons (Fsp3) is 0.188. The first-order chi connectivity index (χ1) is 10.1. The molecule has 1 N–H and O–H groups in total. The molecule has 0 heterocycles. The normalized spacial score (nSPS) is 10.6. The minimum absolute atomic E-state index is 0.183. The third kappa shape index (κ3) is 3.81. The molecule has 0 saturated heterocycles. The van der Waals surface area contributed by atoms with Crippen LogP contribution in [0.5, 0.6) is 11.5 Å². The van der Waals surface area contributed by atoms with Crippen molar-refractivity contribution in [3.8, 4) is 11.5 Å². The van der Waals surface area contributed by atoms with Gasteiger partial charge in [0.15, 0.2) is 6.29 Å². The Bertz CT molecular complexity index is 602. The summed E-state index contributed by atoms with van der Waals surface area (Å²) in [5.41, 5.74) is 1.05. The van der Waals surface area contributed by atoms with Gasteiger partial charge in [-0.25, -0.2) is 4.79 Å². The van der Waals surface area contributed by atoms with Gasteiger partial charge in [0.1, 0.15) is 11.5 Å². The van der Waals surface area contributed by atoms with Crippen LogP contribution in [0.25, 0.3) is 0 Å². The van der Waals surface area contributed by atoms with Crippen molar-refractivity contribution < 1.29 is 24.1 Å². The smallest absolute Gasteiger partial charge is 0.335 e. The van der Waals surface area contributed by atoms with Crippen molar-refractivity contribution in [2.45, 2.75) is 6.29 Å². The second kappa shape index (κ2) is 6.88. The van der Waals surface area contributed by atoms with E-state index in [0.29, 0.717) is 11.5 Å². The topological polar surface area (TPSA) is 65.0 Å². The van der Waals surface area contributed by atoms with E-state index in [-0.39, 0.29) is 5.56 Å². The molecule has 0 aliphatic carbocycles. The number of methoxy groups -OCH3 is 2. The molecule has 2 aromatic rings. The summed E-state index contributed by atoms with van der Waals surface area (Å²) in [5, 5.41) is 8.94. The predicted octanol–water partition coefficient (Wildman–Crippen LogP) is 3.47. The lowest BCUT2D eigenvalue weighted by atomic mass is 10.2. The summed E-state index contributed by atoms with van der Waals surface area (Å²) in [7, 11) is 3.13. The number of hydrogen-bond acceptors (Lipinski definition) is 4. The highest BCUT2D eigenvalue weighted by atomic mass is 16.7. The monoisotopic (exact) mass is 288 g/mol. The quantitative estimate of drug-likeness (QED) is 0.824. The van der Waals surface area contributed by atoms with Crippen molar-refractivity contribution in [1.29, 1.82) is 0 Å². The van der Waals surface area contributed by atoms with Crippen molar-refractivity contribution in [3.05, 3.63) is 59.7 Å². The fourth-order valence-electron chi connectivity index (χ4n) is 1.89. The third-order valence-electron chi connectivity index (χ3n) is 2.90. The molecule has 0 amide bonds. The lowest BCUT2D eigenvalue weighted by Gasteiger charge is -2.14. The predicted molar refractivity (Wildman–Crippen MR) is 76.7 cm³/mol. The number of carbonyl (C=O) groups is 1. The minimum atomic E-state index is -0.987. The van der Waals surface area contributed by atoms with Gasteiger partial charge >= 0.3 is 5.97 Å². The zero-order valence-electron chi connectivity index (χ0n) is 11.8. The van der Waals surface area contributed by atoms with Gasteiger partial charge in [-0.05, 0) is 30.3 Å². The van der Waals surface area contributed by atoms with Gasteiger partial charge in [-0.3, -0.25) is 0 Å². The molecule has 0 unspecified atom stereocenters. The molecule has 0 bridgehead atoms. The number of carboxylic acid groups (broad SMARTS) is 1. The summed E-state index contributed by atoms with van der Waals surface area (Å²) in [6.07, 6.45) is -0.422. The largest absolute Gasteiger partial charge is 0.478 e. The van der Waals surface area contributed by atoms with Crippen molar-refractivity contribution in [2.24, 2.45) is 0 Å². The average Bonchev–Trinajstić information content (AvgIpc) is 2.50. The summed E-state index contributed by atoms with van der Waals surface area (Å²) < 4.78 is 15.9. The van der Waals surface area contributed by atoms with Crippen molar-refractivity contribution >= 4 is 5.97 Å². The highest BCUT2D eigenvalue weighted by molar-refractivity contribution is 5.88. The number of ether oxygens (including phenoxy) is 3. The van der Waals surface area contributed by atoms with Crippen molar-refractivity contribution in [2.75, 3.05) is 14.2 Å². The van der Waals surface area contributed by atoms with Crippen LogP contribution in [-0.2, 0) is 9.47 Å².